The number of nitrogens with zero attached hydrogens (tertiary/aromatic N) is 3. The minimum atomic E-state index is -0.413. The average molecular weight is 258 g/mol. The molecule has 98 valence electrons. The lowest BCUT2D eigenvalue weighted by Crippen LogP contribution is -2.06. The van der Waals surface area contributed by atoms with Gasteiger partial charge in [-0.25, -0.2) is 4.98 Å². The lowest BCUT2D eigenvalue weighted by atomic mass is 10.1. The molecule has 0 unspecified atom stereocenters. The summed E-state index contributed by atoms with van der Waals surface area (Å²) >= 11 is 0. The van der Waals surface area contributed by atoms with Crippen molar-refractivity contribution in [3.63, 3.8) is 0 Å². The number of aryl methyl sites for hydroxylation is 2. The molecule has 0 saturated carbocycles. The Bertz CT molecular complexity index is 613. The van der Waals surface area contributed by atoms with E-state index in [4.69, 9.17) is 0 Å². The number of pyridine rings is 2. The molecule has 0 saturated heterocycles. The van der Waals surface area contributed by atoms with E-state index in [2.05, 4.69) is 15.3 Å². The predicted molar refractivity (Wildman–Crippen MR) is 71.9 cm³/mol. The SMILES string of the molecule is Cc1cnccc1CNc1nccc(C)c1[N+](=O)[O-]. The minimum absolute atomic E-state index is 0.0224. The smallest absolute Gasteiger partial charge is 0.314 e. The Morgan fingerprint density at radius 3 is 2.74 bits per heavy atom. The van der Waals surface area contributed by atoms with Gasteiger partial charge in [0.25, 0.3) is 0 Å². The summed E-state index contributed by atoms with van der Waals surface area (Å²) in [6.45, 7) is 4.12. The van der Waals surface area contributed by atoms with Crippen molar-refractivity contribution >= 4 is 11.5 Å². The van der Waals surface area contributed by atoms with Crippen LogP contribution in [0, 0.1) is 24.0 Å². The van der Waals surface area contributed by atoms with Crippen molar-refractivity contribution < 1.29 is 4.92 Å². The number of nitro groups is 1. The van der Waals surface area contributed by atoms with E-state index >= 15 is 0 Å². The number of aromatic nitrogens is 2. The van der Waals surface area contributed by atoms with Crippen LogP contribution < -0.4 is 5.32 Å². The number of rotatable bonds is 4. The highest BCUT2D eigenvalue weighted by Crippen LogP contribution is 2.25. The molecule has 19 heavy (non-hydrogen) atoms. The van der Waals surface area contributed by atoms with E-state index in [0.29, 0.717) is 17.9 Å². The summed E-state index contributed by atoms with van der Waals surface area (Å²) < 4.78 is 0. The maximum Gasteiger partial charge on any atom is 0.314 e. The van der Waals surface area contributed by atoms with Gasteiger partial charge in [-0.15, -0.1) is 0 Å². The first-order valence-electron chi connectivity index (χ1n) is 5.83. The fourth-order valence-corrected chi connectivity index (χ4v) is 1.79. The van der Waals surface area contributed by atoms with Gasteiger partial charge in [0, 0.05) is 30.7 Å². The van der Waals surface area contributed by atoms with E-state index in [0.717, 1.165) is 11.1 Å². The molecule has 6 nitrogen and oxygen atoms in total. The van der Waals surface area contributed by atoms with Gasteiger partial charge in [0.15, 0.2) is 0 Å². The van der Waals surface area contributed by atoms with Crippen LogP contribution in [-0.4, -0.2) is 14.9 Å². The van der Waals surface area contributed by atoms with Crippen molar-refractivity contribution in [2.75, 3.05) is 5.32 Å². The summed E-state index contributed by atoms with van der Waals surface area (Å²) in [5.74, 6) is 0.293. The van der Waals surface area contributed by atoms with E-state index in [-0.39, 0.29) is 5.69 Å². The van der Waals surface area contributed by atoms with E-state index < -0.39 is 4.92 Å². The summed E-state index contributed by atoms with van der Waals surface area (Å²) in [5.41, 5.74) is 2.68. The standard InChI is InChI=1S/C13H14N4O2/c1-9-3-6-15-13(12(9)17(18)19)16-8-11-4-5-14-7-10(11)2/h3-7H,8H2,1-2H3,(H,15,16). The number of hydrogen-bond acceptors (Lipinski definition) is 5. The Kier molecular flexibility index (Phi) is 3.70. The highest BCUT2D eigenvalue weighted by Gasteiger charge is 2.18. The van der Waals surface area contributed by atoms with E-state index in [1.807, 2.05) is 13.0 Å². The Hall–Kier alpha value is -2.50. The van der Waals surface area contributed by atoms with Gasteiger partial charge in [-0.1, -0.05) is 0 Å². The molecule has 0 aliphatic rings. The summed E-state index contributed by atoms with van der Waals surface area (Å²) in [6, 6.07) is 3.50. The molecule has 0 aromatic carbocycles. The quantitative estimate of drug-likeness (QED) is 0.673. The molecule has 2 aromatic rings. The summed E-state index contributed by atoms with van der Waals surface area (Å²) in [4.78, 5) is 18.7. The fraction of sp³-hybridized carbons (Fsp3) is 0.231. The molecule has 0 amide bonds. The van der Waals surface area contributed by atoms with Gasteiger partial charge in [0.2, 0.25) is 5.82 Å². The topological polar surface area (TPSA) is 81.0 Å². The van der Waals surface area contributed by atoms with E-state index in [9.17, 15) is 10.1 Å². The summed E-state index contributed by atoms with van der Waals surface area (Å²) in [5, 5.41) is 14.0. The van der Waals surface area contributed by atoms with Crippen LogP contribution in [0.1, 0.15) is 16.7 Å². The Morgan fingerprint density at radius 1 is 1.26 bits per heavy atom. The van der Waals surface area contributed by atoms with Gasteiger partial charge in [0.1, 0.15) is 0 Å². The van der Waals surface area contributed by atoms with Gasteiger partial charge in [-0.3, -0.25) is 15.1 Å². The average Bonchev–Trinajstić information content (AvgIpc) is 2.37. The van der Waals surface area contributed by atoms with Crippen molar-refractivity contribution in [3.8, 4) is 0 Å². The Morgan fingerprint density at radius 2 is 2.05 bits per heavy atom. The molecular weight excluding hydrogens is 244 g/mol. The van der Waals surface area contributed by atoms with Crippen LogP contribution in [-0.2, 0) is 6.54 Å². The third-order valence-electron chi connectivity index (χ3n) is 2.89. The molecule has 2 aromatic heterocycles. The van der Waals surface area contributed by atoms with Crippen LogP contribution in [0.15, 0.2) is 30.7 Å². The third-order valence-corrected chi connectivity index (χ3v) is 2.89. The normalized spacial score (nSPS) is 10.2. The highest BCUT2D eigenvalue weighted by atomic mass is 16.6. The van der Waals surface area contributed by atoms with Crippen molar-refractivity contribution in [2.24, 2.45) is 0 Å². The summed E-state index contributed by atoms with van der Waals surface area (Å²) in [7, 11) is 0. The number of nitrogens with one attached hydrogen (secondary N) is 1. The molecule has 0 radical (unpaired) electrons. The van der Waals surface area contributed by atoms with Gasteiger partial charge in [-0.2, -0.15) is 0 Å². The van der Waals surface area contributed by atoms with Crippen molar-refractivity contribution in [1.82, 2.24) is 9.97 Å². The van der Waals surface area contributed by atoms with Crippen LogP contribution in [0.2, 0.25) is 0 Å². The van der Waals surface area contributed by atoms with Crippen LogP contribution >= 0.6 is 0 Å². The van der Waals surface area contributed by atoms with Crippen LogP contribution in [0.3, 0.4) is 0 Å². The lowest BCUT2D eigenvalue weighted by Gasteiger charge is -2.09. The maximum absolute atomic E-state index is 11.0. The largest absolute Gasteiger partial charge is 0.360 e. The first-order chi connectivity index (χ1) is 9.09. The van der Waals surface area contributed by atoms with Crippen molar-refractivity contribution in [3.05, 3.63) is 57.5 Å². The predicted octanol–water partition coefficient (Wildman–Crippen LogP) is 2.61. The van der Waals surface area contributed by atoms with E-state index in [1.165, 1.54) is 0 Å². The second-order valence-corrected chi connectivity index (χ2v) is 4.24. The highest BCUT2D eigenvalue weighted by molar-refractivity contribution is 5.59. The van der Waals surface area contributed by atoms with Crippen molar-refractivity contribution in [1.29, 1.82) is 0 Å². The molecule has 6 heteroatoms. The van der Waals surface area contributed by atoms with Crippen LogP contribution in [0.4, 0.5) is 11.5 Å². The van der Waals surface area contributed by atoms with Gasteiger partial charge in [0.05, 0.1) is 4.92 Å². The zero-order valence-electron chi connectivity index (χ0n) is 10.8. The molecular formula is C13H14N4O2. The van der Waals surface area contributed by atoms with Crippen molar-refractivity contribution in [2.45, 2.75) is 20.4 Å². The molecule has 0 fully saturated rings. The second kappa shape index (κ2) is 5.43. The monoisotopic (exact) mass is 258 g/mol. The summed E-state index contributed by atoms with van der Waals surface area (Å²) in [6.07, 6.45) is 5.02. The first-order valence-corrected chi connectivity index (χ1v) is 5.83. The molecule has 2 rings (SSSR count). The number of anilines is 1. The molecule has 0 bridgehead atoms. The Labute approximate surface area is 110 Å². The first kappa shape index (κ1) is 12.9. The third kappa shape index (κ3) is 2.85. The molecule has 0 spiro atoms. The Balaban J connectivity index is 2.23. The van der Waals surface area contributed by atoms with Crippen LogP contribution in [0.5, 0.6) is 0 Å². The van der Waals surface area contributed by atoms with E-state index in [1.54, 1.807) is 31.6 Å². The second-order valence-electron chi connectivity index (χ2n) is 4.24. The molecule has 2 heterocycles. The minimum Gasteiger partial charge on any atom is -0.360 e. The zero-order valence-corrected chi connectivity index (χ0v) is 10.8. The maximum atomic E-state index is 11.0. The molecule has 0 aliphatic carbocycles. The van der Waals surface area contributed by atoms with Gasteiger partial charge in [-0.05, 0) is 37.1 Å². The molecule has 0 atom stereocenters. The fourth-order valence-electron chi connectivity index (χ4n) is 1.79. The van der Waals surface area contributed by atoms with Crippen LogP contribution in [0.25, 0.3) is 0 Å². The number of hydrogen-bond donors (Lipinski definition) is 1. The molecule has 1 N–H and O–H groups in total. The zero-order chi connectivity index (χ0) is 13.8. The van der Waals surface area contributed by atoms with Gasteiger partial charge < -0.3 is 5.32 Å². The van der Waals surface area contributed by atoms with Gasteiger partial charge >= 0.3 is 5.69 Å². The molecule has 0 aliphatic heterocycles. The lowest BCUT2D eigenvalue weighted by molar-refractivity contribution is -0.384.